The summed E-state index contributed by atoms with van der Waals surface area (Å²) in [6.45, 7) is 6.60. The van der Waals surface area contributed by atoms with Crippen LogP contribution in [0.3, 0.4) is 0 Å². The molecule has 18 heavy (non-hydrogen) atoms. The van der Waals surface area contributed by atoms with E-state index in [0.717, 1.165) is 5.56 Å². The summed E-state index contributed by atoms with van der Waals surface area (Å²) in [5, 5.41) is 2.85. The number of carbonyl (C=O) groups is 1. The van der Waals surface area contributed by atoms with Gasteiger partial charge in [-0.2, -0.15) is 0 Å². The molecule has 2 rings (SSSR count). The zero-order valence-corrected chi connectivity index (χ0v) is 11.0. The van der Waals surface area contributed by atoms with Gasteiger partial charge in [0.2, 0.25) is 0 Å². The van der Waals surface area contributed by atoms with E-state index in [-0.39, 0.29) is 11.6 Å². The van der Waals surface area contributed by atoms with Crippen molar-refractivity contribution >= 4 is 6.03 Å². The molecule has 1 fully saturated rings. The Morgan fingerprint density at radius 1 is 1.33 bits per heavy atom. The molecule has 1 aliphatic rings. The largest absolute Gasteiger partial charge is 0.375 e. The van der Waals surface area contributed by atoms with Gasteiger partial charge in [0, 0.05) is 13.1 Å². The van der Waals surface area contributed by atoms with Crippen molar-refractivity contribution in [3.8, 4) is 0 Å². The van der Waals surface area contributed by atoms with Crippen molar-refractivity contribution in [2.45, 2.75) is 26.0 Å². The van der Waals surface area contributed by atoms with E-state index < -0.39 is 0 Å². The van der Waals surface area contributed by atoms with Crippen molar-refractivity contribution in [3.63, 3.8) is 0 Å². The van der Waals surface area contributed by atoms with Crippen LogP contribution in [0.4, 0.5) is 4.79 Å². The standard InChI is InChI=1S/C14H20N2O2/c1-14(2)11-15-13(17)16(14)8-9-18-10-12-6-4-3-5-7-12/h3-7H,8-11H2,1-2H3,(H,15,17). The summed E-state index contributed by atoms with van der Waals surface area (Å²) in [5.74, 6) is 0. The Labute approximate surface area is 108 Å². The molecule has 0 atom stereocenters. The van der Waals surface area contributed by atoms with Crippen molar-refractivity contribution in [1.29, 1.82) is 0 Å². The maximum Gasteiger partial charge on any atom is 0.318 e. The number of ether oxygens (including phenoxy) is 1. The Morgan fingerprint density at radius 3 is 2.67 bits per heavy atom. The van der Waals surface area contributed by atoms with Crippen LogP contribution >= 0.6 is 0 Å². The van der Waals surface area contributed by atoms with Crippen molar-refractivity contribution in [3.05, 3.63) is 35.9 Å². The molecule has 0 spiro atoms. The van der Waals surface area contributed by atoms with Gasteiger partial charge in [-0.05, 0) is 19.4 Å². The van der Waals surface area contributed by atoms with Gasteiger partial charge in [-0.3, -0.25) is 0 Å². The third-order valence-corrected chi connectivity index (χ3v) is 3.22. The average Bonchev–Trinajstić information content (AvgIpc) is 2.62. The van der Waals surface area contributed by atoms with Crippen LogP contribution in [0.2, 0.25) is 0 Å². The number of nitrogens with one attached hydrogen (secondary N) is 1. The Hall–Kier alpha value is -1.55. The van der Waals surface area contributed by atoms with Crippen LogP contribution in [0.1, 0.15) is 19.4 Å². The van der Waals surface area contributed by atoms with E-state index in [4.69, 9.17) is 4.74 Å². The highest BCUT2D eigenvalue weighted by atomic mass is 16.5. The SMILES string of the molecule is CC1(C)CNC(=O)N1CCOCc1ccccc1. The summed E-state index contributed by atoms with van der Waals surface area (Å²) in [7, 11) is 0. The van der Waals surface area contributed by atoms with Crippen LogP contribution < -0.4 is 5.32 Å². The van der Waals surface area contributed by atoms with Gasteiger partial charge in [0.15, 0.2) is 0 Å². The number of hydrogen-bond donors (Lipinski definition) is 1. The Kier molecular flexibility index (Phi) is 3.87. The van der Waals surface area contributed by atoms with Gasteiger partial charge < -0.3 is 15.0 Å². The molecule has 4 heteroatoms. The van der Waals surface area contributed by atoms with Crippen molar-refractivity contribution < 1.29 is 9.53 Å². The van der Waals surface area contributed by atoms with E-state index in [2.05, 4.69) is 19.2 Å². The van der Waals surface area contributed by atoms with Crippen LogP contribution in [-0.2, 0) is 11.3 Å². The third kappa shape index (κ3) is 3.01. The van der Waals surface area contributed by atoms with Gasteiger partial charge in [-0.25, -0.2) is 4.79 Å². The predicted molar refractivity (Wildman–Crippen MR) is 70.3 cm³/mol. The lowest BCUT2D eigenvalue weighted by molar-refractivity contribution is 0.0842. The Balaban J connectivity index is 1.74. The molecular weight excluding hydrogens is 228 g/mol. The first-order chi connectivity index (χ1) is 8.59. The van der Waals surface area contributed by atoms with Crippen LogP contribution in [0.5, 0.6) is 0 Å². The highest BCUT2D eigenvalue weighted by Crippen LogP contribution is 2.18. The smallest absolute Gasteiger partial charge is 0.318 e. The molecule has 0 unspecified atom stereocenters. The lowest BCUT2D eigenvalue weighted by Crippen LogP contribution is -2.43. The van der Waals surface area contributed by atoms with E-state index in [1.807, 2.05) is 35.2 Å². The minimum absolute atomic E-state index is 0.00307. The van der Waals surface area contributed by atoms with Crippen LogP contribution in [0, 0.1) is 0 Å². The van der Waals surface area contributed by atoms with Gasteiger partial charge in [0.25, 0.3) is 0 Å². The lowest BCUT2D eigenvalue weighted by Gasteiger charge is -2.29. The number of nitrogens with zero attached hydrogens (tertiary/aromatic N) is 1. The molecule has 2 amide bonds. The topological polar surface area (TPSA) is 41.6 Å². The summed E-state index contributed by atoms with van der Waals surface area (Å²) in [6, 6.07) is 10.0. The highest BCUT2D eigenvalue weighted by Gasteiger charge is 2.36. The van der Waals surface area contributed by atoms with Gasteiger partial charge in [0.05, 0.1) is 18.8 Å². The molecule has 1 N–H and O–H groups in total. The fourth-order valence-corrected chi connectivity index (χ4v) is 2.08. The molecule has 0 saturated carbocycles. The summed E-state index contributed by atoms with van der Waals surface area (Å²) in [4.78, 5) is 13.4. The van der Waals surface area contributed by atoms with E-state index in [1.165, 1.54) is 0 Å². The minimum atomic E-state index is -0.118. The zero-order valence-electron chi connectivity index (χ0n) is 11.0. The van der Waals surface area contributed by atoms with Gasteiger partial charge in [-0.1, -0.05) is 30.3 Å². The summed E-state index contributed by atoms with van der Waals surface area (Å²) < 4.78 is 5.60. The second-order valence-corrected chi connectivity index (χ2v) is 5.16. The van der Waals surface area contributed by atoms with Crippen molar-refractivity contribution in [2.75, 3.05) is 19.7 Å². The maximum atomic E-state index is 11.6. The second-order valence-electron chi connectivity index (χ2n) is 5.16. The molecule has 98 valence electrons. The molecule has 4 nitrogen and oxygen atoms in total. The third-order valence-electron chi connectivity index (χ3n) is 3.22. The molecule has 1 saturated heterocycles. The quantitative estimate of drug-likeness (QED) is 0.810. The molecule has 0 aliphatic carbocycles. The first-order valence-corrected chi connectivity index (χ1v) is 6.27. The van der Waals surface area contributed by atoms with Crippen molar-refractivity contribution in [2.24, 2.45) is 0 Å². The highest BCUT2D eigenvalue weighted by molar-refractivity contribution is 5.77. The van der Waals surface area contributed by atoms with E-state index in [0.29, 0.717) is 26.3 Å². The summed E-state index contributed by atoms with van der Waals surface area (Å²) in [5.41, 5.74) is 1.04. The second kappa shape index (κ2) is 5.40. The minimum Gasteiger partial charge on any atom is -0.375 e. The lowest BCUT2D eigenvalue weighted by atomic mass is 10.1. The first-order valence-electron chi connectivity index (χ1n) is 6.27. The number of benzene rings is 1. The summed E-state index contributed by atoms with van der Waals surface area (Å²) in [6.07, 6.45) is 0. The van der Waals surface area contributed by atoms with E-state index in [1.54, 1.807) is 0 Å². The molecule has 0 bridgehead atoms. The van der Waals surface area contributed by atoms with E-state index in [9.17, 15) is 4.79 Å². The normalized spacial score (nSPS) is 17.9. The molecular formula is C14H20N2O2. The average molecular weight is 248 g/mol. The number of amides is 2. The number of urea groups is 1. The molecule has 1 aromatic carbocycles. The van der Waals surface area contributed by atoms with Crippen LogP contribution in [0.25, 0.3) is 0 Å². The Morgan fingerprint density at radius 2 is 2.06 bits per heavy atom. The van der Waals surface area contributed by atoms with Crippen LogP contribution in [0.15, 0.2) is 30.3 Å². The molecule has 1 aromatic rings. The Bertz CT molecular complexity index is 404. The number of hydrogen-bond acceptors (Lipinski definition) is 2. The molecule has 1 heterocycles. The molecule has 0 aromatic heterocycles. The fraction of sp³-hybridized carbons (Fsp3) is 0.500. The zero-order chi connectivity index (χ0) is 13.0. The van der Waals surface area contributed by atoms with Gasteiger partial charge >= 0.3 is 6.03 Å². The van der Waals surface area contributed by atoms with Crippen LogP contribution in [-0.4, -0.2) is 36.2 Å². The van der Waals surface area contributed by atoms with E-state index >= 15 is 0 Å². The van der Waals surface area contributed by atoms with Crippen molar-refractivity contribution in [1.82, 2.24) is 10.2 Å². The fourth-order valence-electron chi connectivity index (χ4n) is 2.08. The number of carbonyl (C=O) groups excluding carboxylic acids is 1. The van der Waals surface area contributed by atoms with Gasteiger partial charge in [0.1, 0.15) is 0 Å². The first kappa shape index (κ1) is 12.9. The predicted octanol–water partition coefficient (Wildman–Crippen LogP) is 2.01. The molecule has 1 aliphatic heterocycles. The molecule has 0 radical (unpaired) electrons. The number of rotatable bonds is 5. The maximum absolute atomic E-state index is 11.6. The van der Waals surface area contributed by atoms with Gasteiger partial charge in [-0.15, -0.1) is 0 Å². The monoisotopic (exact) mass is 248 g/mol. The summed E-state index contributed by atoms with van der Waals surface area (Å²) >= 11 is 0.